The Morgan fingerprint density at radius 3 is 2.82 bits per heavy atom. The van der Waals surface area contributed by atoms with Crippen molar-refractivity contribution in [2.75, 3.05) is 18.9 Å². The molecule has 1 aromatic carbocycles. The van der Waals surface area contributed by atoms with Gasteiger partial charge in [-0.25, -0.2) is 0 Å². The molecule has 5 heteroatoms. The summed E-state index contributed by atoms with van der Waals surface area (Å²) in [5, 5.41) is 2.48. The van der Waals surface area contributed by atoms with Crippen molar-refractivity contribution in [3.05, 3.63) is 29.8 Å². The maximum Gasteiger partial charge on any atom is 0.325 e. The Labute approximate surface area is 99.9 Å². The predicted octanol–water partition coefficient (Wildman–Crippen LogP) is 0.491. The lowest BCUT2D eigenvalue weighted by Crippen LogP contribution is -2.31. The minimum atomic E-state index is -0.437. The summed E-state index contributed by atoms with van der Waals surface area (Å²) >= 11 is 0. The van der Waals surface area contributed by atoms with E-state index in [2.05, 4.69) is 10.1 Å². The van der Waals surface area contributed by atoms with Crippen LogP contribution in [-0.4, -0.2) is 25.0 Å². The molecule has 5 nitrogen and oxygen atoms in total. The minimum absolute atomic E-state index is 0.102. The number of nitrogens with one attached hydrogen (secondary N) is 1. The van der Waals surface area contributed by atoms with E-state index >= 15 is 0 Å². The second-order valence-corrected chi connectivity index (χ2v) is 3.50. The molecule has 0 atom stereocenters. The van der Waals surface area contributed by atoms with Crippen molar-refractivity contribution >= 4 is 17.6 Å². The summed E-state index contributed by atoms with van der Waals surface area (Å²) in [6.45, 7) is 1.92. The first-order valence-corrected chi connectivity index (χ1v) is 5.38. The van der Waals surface area contributed by atoms with Gasteiger partial charge in [-0.15, -0.1) is 0 Å². The maximum atomic E-state index is 11.5. The molecule has 0 aliphatic rings. The van der Waals surface area contributed by atoms with Crippen LogP contribution in [0.3, 0.4) is 0 Å². The lowest BCUT2D eigenvalue weighted by molar-refractivity contribution is -0.143. The van der Waals surface area contributed by atoms with Gasteiger partial charge in [-0.05, 0) is 24.6 Å². The molecule has 3 N–H and O–H groups in total. The summed E-state index contributed by atoms with van der Waals surface area (Å²) in [6, 6.07) is 7.06. The second kappa shape index (κ2) is 6.52. The molecule has 1 aromatic rings. The Hall–Kier alpha value is -2.04. The van der Waals surface area contributed by atoms with Gasteiger partial charge in [-0.1, -0.05) is 12.1 Å². The fourth-order valence-corrected chi connectivity index (χ4v) is 1.33. The van der Waals surface area contributed by atoms with Crippen molar-refractivity contribution < 1.29 is 14.3 Å². The van der Waals surface area contributed by atoms with Gasteiger partial charge in [-0.3, -0.25) is 9.59 Å². The minimum Gasteiger partial charge on any atom is -0.465 e. The summed E-state index contributed by atoms with van der Waals surface area (Å²) in [7, 11) is 0. The zero-order chi connectivity index (χ0) is 12.7. The van der Waals surface area contributed by atoms with Crippen molar-refractivity contribution in [3.63, 3.8) is 0 Å². The van der Waals surface area contributed by atoms with E-state index in [1.807, 2.05) is 0 Å². The normalized spacial score (nSPS) is 9.71. The highest BCUT2D eigenvalue weighted by Gasteiger charge is 2.06. The Bertz CT molecular complexity index is 404. The topological polar surface area (TPSA) is 81.4 Å². The first-order chi connectivity index (χ1) is 8.11. The quantitative estimate of drug-likeness (QED) is 0.576. The molecular weight excluding hydrogens is 220 g/mol. The largest absolute Gasteiger partial charge is 0.465 e. The van der Waals surface area contributed by atoms with E-state index in [4.69, 9.17) is 5.73 Å². The van der Waals surface area contributed by atoms with Crippen LogP contribution in [0.1, 0.15) is 12.5 Å². The molecule has 0 saturated heterocycles. The Kier molecular flexibility index (Phi) is 5.00. The van der Waals surface area contributed by atoms with Gasteiger partial charge in [0.05, 0.1) is 13.0 Å². The first kappa shape index (κ1) is 13.0. The summed E-state index contributed by atoms with van der Waals surface area (Å²) in [4.78, 5) is 22.5. The van der Waals surface area contributed by atoms with Crippen LogP contribution >= 0.6 is 0 Å². The van der Waals surface area contributed by atoms with Gasteiger partial charge in [0.25, 0.3) is 0 Å². The number of carbonyl (C=O) groups is 2. The Morgan fingerprint density at radius 1 is 1.41 bits per heavy atom. The van der Waals surface area contributed by atoms with Crippen LogP contribution in [-0.2, 0) is 20.7 Å². The third kappa shape index (κ3) is 5.01. The van der Waals surface area contributed by atoms with Crippen LogP contribution < -0.4 is 11.1 Å². The van der Waals surface area contributed by atoms with E-state index in [9.17, 15) is 9.59 Å². The number of nitrogen functional groups attached to an aromatic ring is 1. The number of anilines is 1. The molecule has 92 valence electrons. The fourth-order valence-electron chi connectivity index (χ4n) is 1.33. The monoisotopic (exact) mass is 236 g/mol. The van der Waals surface area contributed by atoms with E-state index in [0.717, 1.165) is 5.56 Å². The number of hydrogen-bond donors (Lipinski definition) is 2. The van der Waals surface area contributed by atoms with Gasteiger partial charge in [0, 0.05) is 5.69 Å². The summed E-state index contributed by atoms with van der Waals surface area (Å²) in [5.74, 6) is -0.669. The highest BCUT2D eigenvalue weighted by atomic mass is 16.5. The fraction of sp³-hybridized carbons (Fsp3) is 0.333. The SMILES string of the molecule is CCOC(=O)CNC(=O)Cc1cccc(N)c1. The first-order valence-electron chi connectivity index (χ1n) is 5.38. The number of nitrogens with two attached hydrogens (primary N) is 1. The van der Waals surface area contributed by atoms with Crippen molar-refractivity contribution in [1.29, 1.82) is 0 Å². The van der Waals surface area contributed by atoms with Gasteiger partial charge >= 0.3 is 5.97 Å². The van der Waals surface area contributed by atoms with E-state index < -0.39 is 5.97 Å². The van der Waals surface area contributed by atoms with E-state index in [1.54, 1.807) is 31.2 Å². The molecule has 1 rings (SSSR count). The number of esters is 1. The average molecular weight is 236 g/mol. The number of ether oxygens (including phenoxy) is 1. The third-order valence-corrected chi connectivity index (χ3v) is 2.05. The number of hydrogen-bond acceptors (Lipinski definition) is 4. The predicted molar refractivity (Wildman–Crippen MR) is 64.2 cm³/mol. The standard InChI is InChI=1S/C12H16N2O3/c1-2-17-12(16)8-14-11(15)7-9-4-3-5-10(13)6-9/h3-6H,2,7-8,13H2,1H3,(H,14,15). The Balaban J connectivity index is 2.37. The molecule has 0 aliphatic carbocycles. The van der Waals surface area contributed by atoms with E-state index in [-0.39, 0.29) is 18.9 Å². The van der Waals surface area contributed by atoms with E-state index in [0.29, 0.717) is 12.3 Å². The summed E-state index contributed by atoms with van der Waals surface area (Å²) in [5.41, 5.74) is 7.01. The number of rotatable bonds is 5. The smallest absolute Gasteiger partial charge is 0.325 e. The van der Waals surface area contributed by atoms with Gasteiger partial charge in [-0.2, -0.15) is 0 Å². The number of benzene rings is 1. The van der Waals surface area contributed by atoms with Crippen molar-refractivity contribution in [3.8, 4) is 0 Å². The molecule has 0 fully saturated rings. The van der Waals surface area contributed by atoms with Crippen LogP contribution in [0.4, 0.5) is 5.69 Å². The van der Waals surface area contributed by atoms with Gasteiger partial charge < -0.3 is 15.8 Å². The molecule has 17 heavy (non-hydrogen) atoms. The van der Waals surface area contributed by atoms with Crippen LogP contribution in [0, 0.1) is 0 Å². The molecule has 0 radical (unpaired) electrons. The highest BCUT2D eigenvalue weighted by molar-refractivity contribution is 5.83. The summed E-state index contributed by atoms with van der Waals surface area (Å²) in [6.07, 6.45) is 0.199. The Morgan fingerprint density at radius 2 is 2.18 bits per heavy atom. The molecule has 0 aromatic heterocycles. The van der Waals surface area contributed by atoms with Crippen LogP contribution in [0.25, 0.3) is 0 Å². The molecule has 0 saturated carbocycles. The number of amides is 1. The average Bonchev–Trinajstić information content (AvgIpc) is 2.27. The van der Waals surface area contributed by atoms with Gasteiger partial charge in [0.2, 0.25) is 5.91 Å². The lowest BCUT2D eigenvalue weighted by atomic mass is 10.1. The van der Waals surface area contributed by atoms with Crippen molar-refractivity contribution in [2.45, 2.75) is 13.3 Å². The molecular formula is C12H16N2O3. The molecule has 1 amide bonds. The zero-order valence-corrected chi connectivity index (χ0v) is 9.73. The number of carbonyl (C=O) groups excluding carboxylic acids is 2. The van der Waals surface area contributed by atoms with Crippen molar-refractivity contribution in [1.82, 2.24) is 5.32 Å². The van der Waals surface area contributed by atoms with Crippen molar-refractivity contribution in [2.24, 2.45) is 0 Å². The molecule has 0 aliphatic heterocycles. The van der Waals surface area contributed by atoms with Crippen LogP contribution in [0.2, 0.25) is 0 Å². The highest BCUT2D eigenvalue weighted by Crippen LogP contribution is 2.06. The lowest BCUT2D eigenvalue weighted by Gasteiger charge is -2.05. The van der Waals surface area contributed by atoms with Gasteiger partial charge in [0.15, 0.2) is 0 Å². The molecule has 0 unspecified atom stereocenters. The maximum absolute atomic E-state index is 11.5. The molecule has 0 spiro atoms. The zero-order valence-electron chi connectivity index (χ0n) is 9.73. The third-order valence-electron chi connectivity index (χ3n) is 2.05. The summed E-state index contributed by atoms with van der Waals surface area (Å²) < 4.78 is 4.69. The molecule has 0 bridgehead atoms. The molecule has 0 heterocycles. The van der Waals surface area contributed by atoms with E-state index in [1.165, 1.54) is 0 Å². The van der Waals surface area contributed by atoms with Crippen LogP contribution in [0.5, 0.6) is 0 Å². The van der Waals surface area contributed by atoms with Crippen LogP contribution in [0.15, 0.2) is 24.3 Å². The van der Waals surface area contributed by atoms with Gasteiger partial charge in [0.1, 0.15) is 6.54 Å². The second-order valence-electron chi connectivity index (χ2n) is 3.50.